The van der Waals surface area contributed by atoms with Gasteiger partial charge in [0.25, 0.3) is 19.3 Å². The highest BCUT2D eigenvalue weighted by molar-refractivity contribution is 14.2. The molecule has 0 aromatic carbocycles. The van der Waals surface area contributed by atoms with Crippen LogP contribution in [0.2, 0.25) is 0 Å². The molecule has 0 bridgehead atoms. The van der Waals surface area contributed by atoms with Crippen LogP contribution in [0.1, 0.15) is 194 Å². The van der Waals surface area contributed by atoms with E-state index in [9.17, 15) is 56.0 Å². The van der Waals surface area contributed by atoms with Gasteiger partial charge in [-0.05, 0) is 348 Å². The number of hydrogen-bond acceptors (Lipinski definition) is 13. The topological polar surface area (TPSA) is 199 Å². The lowest BCUT2D eigenvalue weighted by Gasteiger charge is -2.57. The highest BCUT2D eigenvalue weighted by Crippen LogP contribution is 2.69. The highest BCUT2D eigenvalue weighted by Gasteiger charge is 2.64. The minimum absolute atomic E-state index is 0.0185. The van der Waals surface area contributed by atoms with Crippen LogP contribution in [0.3, 0.4) is 0 Å². The summed E-state index contributed by atoms with van der Waals surface area (Å²) in [6, 6.07) is 7.79. The molecule has 1 aliphatic heterocycles. The Balaban J connectivity index is 0.000000125. The van der Waals surface area contributed by atoms with Crippen molar-refractivity contribution < 1.29 is 56.0 Å². The lowest BCUT2D eigenvalue weighted by atomic mass is 9.49. The quantitative estimate of drug-likeness (QED) is 0.0372. The highest BCUT2D eigenvalue weighted by atomic mass is 127. The molecule has 13 aliphatic rings. The van der Waals surface area contributed by atoms with E-state index in [1.54, 1.807) is 46.5 Å². The first-order chi connectivity index (χ1) is 51.1. The van der Waals surface area contributed by atoms with Crippen molar-refractivity contribution in [2.45, 2.75) is 243 Å². The minimum Gasteiger partial charge on any atom is -0.384 e. The summed E-state index contributed by atoms with van der Waals surface area (Å²) in [7, 11) is 0. The van der Waals surface area contributed by atoms with Crippen molar-refractivity contribution in [1.29, 1.82) is 0 Å². The van der Waals surface area contributed by atoms with Gasteiger partial charge in [-0.15, -0.1) is 0 Å². The van der Waals surface area contributed by atoms with Gasteiger partial charge in [-0.25, -0.2) is 31.3 Å². The molecule has 0 unspecified atom stereocenters. The van der Waals surface area contributed by atoms with E-state index in [0.29, 0.717) is 95.2 Å². The Hall–Kier alpha value is -3.44. The number of aliphatic hydroxyl groups is 3. The maximum absolute atomic E-state index is 13.6. The summed E-state index contributed by atoms with van der Waals surface area (Å²) in [5.41, 5.74) is -2.54. The second-order valence-electron chi connectivity index (χ2n) is 36.0. The number of alkyl halides is 7. The minimum atomic E-state index is -2.65. The van der Waals surface area contributed by atoms with Gasteiger partial charge in [0.1, 0.15) is 35.5 Å². The number of rotatable bonds is 11. The van der Waals surface area contributed by atoms with Crippen molar-refractivity contribution in [3.05, 3.63) is 78.3 Å². The standard InChI is InChI=1S/2C27H35F2N3O2.C21H31BrF2O2.C7H6N2.CI2S/c1-26-9-6-19-18-7-10-27(34,25(28)29)12-16(18)2-3-20(19)21(26)4-5-22(26)24(33)15-32-14-17-8-11-30-13-23(17)31-32;1-26-9-6-19-18-7-10-27(34,25(28)29)12-16(18)2-3-20(19)21(26)4-5-22(26)24(33)15-32-23-14-30-11-8-17(23)13-31-32;1-20-8-6-14-13-7-9-21(26,19(23)24)10-12(13)2-3-15(14)16(20)4-5-17(20)18(25)11-22;1-2-6-3-5-9-7(6)8-4-1;2-1(3)4/h2*8,11,13-14,16,18-22,25,34H,2-7,9-10,12,15H2,1H3;12-17,19,26H,2-11H2,1H3;1-4H,5H2;/t2*16-,18+,19-,20-,21+,22-,26+,27-;12-,13+,14-,15-,16+,17-,20+,21-;;/m111../s1. The molecule has 0 radical (unpaired) electrons. The molecule has 584 valence electrons. The third-order valence-electron chi connectivity index (χ3n) is 31.4. The van der Waals surface area contributed by atoms with E-state index < -0.39 is 36.1 Å². The summed E-state index contributed by atoms with van der Waals surface area (Å²) in [4.78, 5) is 56.0. The van der Waals surface area contributed by atoms with Crippen LogP contribution >= 0.6 is 73.3 Å². The second-order valence-corrected chi connectivity index (χ2v) is 42.6. The number of Topliss-reactive ketones (excluding diaryl/α,β-unsaturated/α-hetero) is 3. The number of carbonyl (C=O) groups excluding carboxylic acids is 3. The average Bonchev–Trinajstić information content (AvgIpc) is 1.68. The Morgan fingerprint density at radius 2 is 0.963 bits per heavy atom. The predicted molar refractivity (Wildman–Crippen MR) is 424 cm³/mol. The average molecular weight is 1790 g/mol. The van der Waals surface area contributed by atoms with Crippen molar-refractivity contribution in [1.82, 2.24) is 34.5 Å². The van der Waals surface area contributed by atoms with Crippen LogP contribution in [0.15, 0.2) is 72.6 Å². The number of thiocarbonyl (C=S) groups is 1. The molecule has 14 nitrogen and oxygen atoms in total. The number of ketones is 3. The monoisotopic (exact) mass is 1790 g/mol. The molecule has 12 fully saturated rings. The van der Waals surface area contributed by atoms with Gasteiger partial charge in [0.2, 0.25) is 0 Å². The van der Waals surface area contributed by atoms with Crippen LogP contribution in [-0.4, -0.2) is 116 Å². The normalized spacial score (nSPS) is 40.3. The fraction of sp³-hybridized carbons (Fsp3) is 0.735. The number of pyridine rings is 3. The van der Waals surface area contributed by atoms with E-state index >= 15 is 0 Å². The van der Waals surface area contributed by atoms with E-state index in [2.05, 4.69) is 130 Å². The summed E-state index contributed by atoms with van der Waals surface area (Å²) < 4.78 is 85.0. The largest absolute Gasteiger partial charge is 0.384 e. The number of nitrogens with zero attached hydrogens (tertiary/aromatic N) is 8. The van der Waals surface area contributed by atoms with Crippen molar-refractivity contribution >= 4 is 119 Å². The first kappa shape index (κ1) is 80.2. The van der Waals surface area contributed by atoms with Crippen molar-refractivity contribution in [2.24, 2.45) is 128 Å². The first-order valence-corrected chi connectivity index (χ1v) is 43.8. The fourth-order valence-corrected chi connectivity index (χ4v) is 26.9. The third kappa shape index (κ3) is 15.6. The van der Waals surface area contributed by atoms with E-state index in [1.807, 2.05) is 30.5 Å². The Labute approximate surface area is 666 Å². The van der Waals surface area contributed by atoms with Crippen molar-refractivity contribution in [3.8, 4) is 0 Å². The summed E-state index contributed by atoms with van der Waals surface area (Å²) >= 11 is 12.0. The number of hydrogen-bond donors (Lipinski definition) is 3. The molecule has 12 saturated carbocycles. The summed E-state index contributed by atoms with van der Waals surface area (Å²) in [6.07, 6.45) is 29.2. The van der Waals surface area contributed by atoms with Gasteiger partial charge in [0, 0.05) is 58.5 Å². The van der Waals surface area contributed by atoms with Gasteiger partial charge in [-0.3, -0.25) is 38.7 Å². The zero-order valence-corrected chi connectivity index (χ0v) is 68.6. The number of halogens is 9. The van der Waals surface area contributed by atoms with E-state index in [1.165, 1.54) is 0 Å². The van der Waals surface area contributed by atoms with Crippen LogP contribution in [0.4, 0.5) is 26.3 Å². The van der Waals surface area contributed by atoms with Crippen LogP contribution < -0.4 is 10.7 Å². The lowest BCUT2D eigenvalue weighted by Crippen LogP contribution is -2.53. The molecule has 24 heteroatoms. The Morgan fingerprint density at radius 3 is 1.40 bits per heavy atom. The van der Waals surface area contributed by atoms with Crippen LogP contribution in [0, 0.1) is 123 Å². The molecule has 24 atom stereocenters. The van der Waals surface area contributed by atoms with Crippen LogP contribution in [0.5, 0.6) is 0 Å². The summed E-state index contributed by atoms with van der Waals surface area (Å²) in [5.74, 6) is 8.65. The molecular formula is C83H107BrF6I2N8O6S. The van der Waals surface area contributed by atoms with E-state index in [-0.39, 0.29) is 102 Å². The van der Waals surface area contributed by atoms with E-state index in [4.69, 9.17) is 0 Å². The number of carbonyl (C=O) groups is 3. The maximum atomic E-state index is 13.6. The molecule has 0 amide bonds. The molecule has 107 heavy (non-hydrogen) atoms. The van der Waals surface area contributed by atoms with Gasteiger partial charge in [0.05, 0.1) is 42.5 Å². The van der Waals surface area contributed by atoms with Gasteiger partial charge in [0.15, 0.2) is 17.1 Å². The Bertz CT molecular complexity index is 4100. The Kier molecular flexibility index (Phi) is 24.3. The summed E-state index contributed by atoms with van der Waals surface area (Å²) in [6.45, 7) is 8.44. The second kappa shape index (κ2) is 32.4. The maximum Gasteiger partial charge on any atom is 0.266 e. The summed E-state index contributed by atoms with van der Waals surface area (Å²) in [5, 5.41) is 43.8. The molecule has 3 N–H and O–H groups in total. The molecule has 12 aliphatic carbocycles. The van der Waals surface area contributed by atoms with Gasteiger partial charge in [-0.1, -0.05) is 55.0 Å². The van der Waals surface area contributed by atoms with Gasteiger partial charge >= 0.3 is 0 Å². The number of fused-ring (bicyclic) bond motifs is 18. The van der Waals surface area contributed by atoms with Crippen molar-refractivity contribution in [2.75, 3.05) is 11.9 Å². The van der Waals surface area contributed by atoms with Crippen LogP contribution in [-0.2, 0) is 27.5 Å². The molecule has 0 saturated heterocycles. The fourth-order valence-electron chi connectivity index (χ4n) is 26.5. The third-order valence-corrected chi connectivity index (χ3v) is 32.0. The van der Waals surface area contributed by atoms with E-state index in [0.717, 1.165) is 175 Å². The number of aromatic nitrogens is 7. The van der Waals surface area contributed by atoms with Gasteiger partial charge in [-0.2, -0.15) is 10.2 Å². The molecule has 6 heterocycles. The first-order valence-electron chi connectivity index (χ1n) is 40.1. The van der Waals surface area contributed by atoms with Crippen LogP contribution in [0.25, 0.3) is 27.9 Å². The SMILES string of the molecule is C1=c2cccnc2=NC1.C[C@]12CC[C@H]3[C@@H](CC[C@@H]4C[C@@](O)(C(F)F)CC[C@@H]43)[C@@H]1CC[C@@H]2C(=O)CBr.C[C@]12CC[C@H]3[C@@H](CC[C@@H]4C[C@@](O)(C(F)F)CC[C@@H]43)[C@@H]1CC[C@@H]2C(=O)Cn1cc2ccncc2n1.C[C@]12CC[C@H]3[C@@H](CC[C@@H]4C[C@@](O)(C(F)F)CC[C@@H]43)[C@@H]1CC[C@@H]2C(=O)Cn1ncc2ccncc21.S=C(I)I. The molecule has 0 spiro atoms. The Morgan fingerprint density at radius 1 is 0.533 bits per heavy atom. The lowest BCUT2D eigenvalue weighted by molar-refractivity contribution is -0.160. The molecule has 18 rings (SSSR count). The zero-order chi connectivity index (χ0) is 75.7. The molecule has 5 aromatic heterocycles. The predicted octanol–water partition coefficient (Wildman–Crippen LogP) is 17.4. The van der Waals surface area contributed by atoms with Crippen molar-refractivity contribution in [3.63, 3.8) is 0 Å². The van der Waals surface area contributed by atoms with Gasteiger partial charge < -0.3 is 15.3 Å². The molecular weight excluding hydrogens is 1680 g/mol. The molecule has 5 aromatic rings. The zero-order valence-electron chi connectivity index (χ0n) is 61.9. The smallest absolute Gasteiger partial charge is 0.266 e.